The normalized spacial score (nSPS) is 11.5. The molecule has 5 heteroatoms. The summed E-state index contributed by atoms with van der Waals surface area (Å²) in [5.74, 6) is -0.268. The number of carbonyl (C=O) groups excluding carboxylic acids is 1. The lowest BCUT2D eigenvalue weighted by atomic mass is 10.3. The molecule has 0 atom stereocenters. The summed E-state index contributed by atoms with van der Waals surface area (Å²) in [4.78, 5) is 14.6. The van der Waals surface area contributed by atoms with E-state index in [1.807, 2.05) is 13.8 Å². The zero-order valence-electron chi connectivity index (χ0n) is 7.10. The van der Waals surface area contributed by atoms with Crippen molar-refractivity contribution in [2.24, 2.45) is 4.99 Å². The number of aliphatic imine (C=N–C) groups is 1. The number of nitrogens with one attached hydrogen (secondary N) is 2. The second kappa shape index (κ2) is 5.71. The van der Waals surface area contributed by atoms with Crippen molar-refractivity contribution in [3.8, 4) is 0 Å². The molecule has 0 aromatic rings. The van der Waals surface area contributed by atoms with Crippen LogP contribution in [0.4, 0.5) is 0 Å². The molecular weight excluding hydrogens is 178 g/mol. The van der Waals surface area contributed by atoms with E-state index in [0.717, 1.165) is 6.34 Å². The van der Waals surface area contributed by atoms with Crippen molar-refractivity contribution in [2.75, 3.05) is 5.88 Å². The third-order valence-corrected chi connectivity index (χ3v) is 1.25. The molecule has 0 heterocycles. The zero-order valence-corrected chi connectivity index (χ0v) is 7.85. The molecule has 0 aromatic heterocycles. The minimum Gasteiger partial charge on any atom is -0.365 e. The van der Waals surface area contributed by atoms with E-state index in [0.29, 0.717) is 0 Å². The number of amidine groups is 1. The van der Waals surface area contributed by atoms with E-state index in [4.69, 9.17) is 17.0 Å². The highest BCUT2D eigenvalue weighted by atomic mass is 35.5. The maximum atomic E-state index is 11.0. The van der Waals surface area contributed by atoms with Crippen LogP contribution in [0.25, 0.3) is 0 Å². The molecule has 0 fully saturated rings. The highest BCUT2D eigenvalue weighted by Crippen LogP contribution is 1.85. The Labute approximate surface area is 76.5 Å². The molecule has 4 nitrogen and oxygen atoms in total. The van der Waals surface area contributed by atoms with Crippen LogP contribution in [0.15, 0.2) is 4.99 Å². The van der Waals surface area contributed by atoms with Crippen LogP contribution in [0.5, 0.6) is 0 Å². The van der Waals surface area contributed by atoms with Gasteiger partial charge in [0.2, 0.25) is 5.78 Å². The van der Waals surface area contributed by atoms with Gasteiger partial charge in [-0.25, -0.2) is 4.99 Å². The molecule has 0 aliphatic carbocycles. The molecule has 0 saturated heterocycles. The van der Waals surface area contributed by atoms with Gasteiger partial charge in [-0.15, -0.1) is 11.6 Å². The Morgan fingerprint density at radius 3 is 2.67 bits per heavy atom. The van der Waals surface area contributed by atoms with Gasteiger partial charge in [0, 0.05) is 6.04 Å². The molecule has 0 radical (unpaired) electrons. The number of hydrogen-bond donors (Lipinski definition) is 2. The molecule has 2 N–H and O–H groups in total. The van der Waals surface area contributed by atoms with Crippen LogP contribution >= 0.6 is 11.6 Å². The molecule has 12 heavy (non-hydrogen) atoms. The van der Waals surface area contributed by atoms with Crippen LogP contribution in [-0.2, 0) is 4.79 Å². The Bertz CT molecular complexity index is 201. The lowest BCUT2D eigenvalue weighted by Crippen LogP contribution is -2.37. The van der Waals surface area contributed by atoms with Crippen molar-refractivity contribution in [3.63, 3.8) is 0 Å². The average Bonchev–Trinajstić information content (AvgIpc) is 2.01. The molecule has 0 aliphatic rings. The predicted octanol–water partition coefficient (Wildman–Crippen LogP) is 0.798. The first-order chi connectivity index (χ1) is 5.61. The van der Waals surface area contributed by atoms with Crippen molar-refractivity contribution in [2.45, 2.75) is 19.9 Å². The smallest absolute Gasteiger partial charge is 0.212 e. The van der Waals surface area contributed by atoms with Gasteiger partial charge in [0.25, 0.3) is 0 Å². The molecule has 0 aliphatic heterocycles. The number of halogens is 1. The minimum absolute atomic E-state index is 0.107. The van der Waals surface area contributed by atoms with Gasteiger partial charge in [0.05, 0.1) is 5.88 Å². The first kappa shape index (κ1) is 11.1. The Morgan fingerprint density at radius 1 is 1.75 bits per heavy atom. The minimum atomic E-state index is -0.297. The van der Waals surface area contributed by atoms with Crippen molar-refractivity contribution in [1.29, 1.82) is 5.41 Å². The second-order valence-electron chi connectivity index (χ2n) is 2.46. The van der Waals surface area contributed by atoms with Gasteiger partial charge in [0.1, 0.15) is 6.34 Å². The largest absolute Gasteiger partial charge is 0.365 e. The molecular formula is C7H12ClN3O. The zero-order chi connectivity index (χ0) is 9.56. The number of rotatable bonds is 4. The van der Waals surface area contributed by atoms with E-state index >= 15 is 0 Å². The number of hydrogen-bond acceptors (Lipinski definition) is 2. The Morgan fingerprint density at radius 2 is 2.33 bits per heavy atom. The molecule has 0 rings (SSSR count). The maximum absolute atomic E-state index is 11.0. The molecule has 0 saturated carbocycles. The van der Waals surface area contributed by atoms with E-state index in [1.54, 1.807) is 0 Å². The summed E-state index contributed by atoms with van der Waals surface area (Å²) in [5, 5.41) is 9.49. The summed E-state index contributed by atoms with van der Waals surface area (Å²) >= 11 is 5.32. The van der Waals surface area contributed by atoms with E-state index in [2.05, 4.69) is 10.3 Å². The van der Waals surface area contributed by atoms with Gasteiger partial charge in [0.15, 0.2) is 5.84 Å². The topological polar surface area (TPSA) is 65.3 Å². The third-order valence-electron chi connectivity index (χ3n) is 1.00. The third kappa shape index (κ3) is 4.08. The van der Waals surface area contributed by atoms with Crippen molar-refractivity contribution in [1.82, 2.24) is 5.32 Å². The predicted molar refractivity (Wildman–Crippen MR) is 50.2 cm³/mol. The SMILES string of the molecule is CC(C)N/C(=N\C=N)C(=O)CCl. The van der Waals surface area contributed by atoms with Gasteiger partial charge in [-0.05, 0) is 13.8 Å². The first-order valence-corrected chi connectivity index (χ1v) is 4.07. The Kier molecular flexibility index (Phi) is 5.28. The molecule has 0 unspecified atom stereocenters. The average molecular weight is 190 g/mol. The summed E-state index contributed by atoms with van der Waals surface area (Å²) in [7, 11) is 0. The van der Waals surface area contributed by atoms with Crippen LogP contribution in [-0.4, -0.2) is 29.9 Å². The molecule has 0 aromatic carbocycles. The maximum Gasteiger partial charge on any atom is 0.212 e. The number of alkyl halides is 1. The Balaban J connectivity index is 4.33. The van der Waals surface area contributed by atoms with Crippen molar-refractivity contribution < 1.29 is 4.79 Å². The lowest BCUT2D eigenvalue weighted by molar-refractivity contribution is -0.111. The van der Waals surface area contributed by atoms with Crippen LogP contribution in [0.3, 0.4) is 0 Å². The number of ketones is 1. The lowest BCUT2D eigenvalue weighted by Gasteiger charge is -2.09. The van der Waals surface area contributed by atoms with Crippen LogP contribution in [0.2, 0.25) is 0 Å². The number of carbonyl (C=O) groups is 1. The highest BCUT2D eigenvalue weighted by molar-refractivity contribution is 6.49. The molecule has 68 valence electrons. The van der Waals surface area contributed by atoms with Gasteiger partial charge in [-0.1, -0.05) is 0 Å². The fraction of sp³-hybridized carbons (Fsp3) is 0.571. The molecule has 0 amide bonds. The summed E-state index contributed by atoms with van der Waals surface area (Å²) < 4.78 is 0. The summed E-state index contributed by atoms with van der Waals surface area (Å²) in [6.45, 7) is 3.75. The monoisotopic (exact) mass is 189 g/mol. The van der Waals surface area contributed by atoms with Gasteiger partial charge in [-0.3, -0.25) is 10.2 Å². The van der Waals surface area contributed by atoms with Gasteiger partial charge >= 0.3 is 0 Å². The first-order valence-electron chi connectivity index (χ1n) is 3.54. The van der Waals surface area contributed by atoms with E-state index in [9.17, 15) is 4.79 Å². The van der Waals surface area contributed by atoms with Crippen LogP contribution in [0, 0.1) is 5.41 Å². The van der Waals surface area contributed by atoms with E-state index < -0.39 is 0 Å². The van der Waals surface area contributed by atoms with Crippen LogP contribution < -0.4 is 5.32 Å². The fourth-order valence-electron chi connectivity index (χ4n) is 0.591. The number of nitrogens with zero attached hydrogens (tertiary/aromatic N) is 1. The van der Waals surface area contributed by atoms with Crippen molar-refractivity contribution in [3.05, 3.63) is 0 Å². The van der Waals surface area contributed by atoms with E-state index in [1.165, 1.54) is 0 Å². The summed E-state index contributed by atoms with van der Waals surface area (Å²) in [5.41, 5.74) is 0. The molecule has 0 bridgehead atoms. The van der Waals surface area contributed by atoms with Gasteiger partial charge in [-0.2, -0.15) is 0 Å². The summed E-state index contributed by atoms with van der Waals surface area (Å²) in [6, 6.07) is 0.107. The van der Waals surface area contributed by atoms with Crippen molar-refractivity contribution >= 4 is 29.6 Å². The highest BCUT2D eigenvalue weighted by Gasteiger charge is 2.09. The van der Waals surface area contributed by atoms with Gasteiger partial charge < -0.3 is 5.32 Å². The quantitative estimate of drug-likeness (QED) is 0.390. The molecule has 0 spiro atoms. The standard InChI is InChI=1S/C7H12ClN3O/c1-5(2)11-7(10-4-9)6(12)3-8/h4-5H,3H2,1-2H3,(H2,9,10,11). The Hall–Kier alpha value is -0.900. The summed E-state index contributed by atoms with van der Waals surface area (Å²) in [6.07, 6.45) is 0.815. The second-order valence-corrected chi connectivity index (χ2v) is 2.73. The number of Topliss-reactive ketones (excluding diaryl/α,β-unsaturated/α-hetero) is 1. The van der Waals surface area contributed by atoms with Crippen LogP contribution in [0.1, 0.15) is 13.8 Å². The van der Waals surface area contributed by atoms with E-state index in [-0.39, 0.29) is 23.5 Å². The fourth-order valence-corrected chi connectivity index (χ4v) is 0.718.